The van der Waals surface area contributed by atoms with Gasteiger partial charge in [-0.1, -0.05) is 6.58 Å². The molecule has 1 unspecified atom stereocenters. The normalized spacial score (nSPS) is 15.2. The third-order valence-corrected chi connectivity index (χ3v) is 1.33. The number of thiol groups is 1. The van der Waals surface area contributed by atoms with Crippen LogP contribution in [0.1, 0.15) is 0 Å². The maximum atomic E-state index is 10.7. The SMILES string of the molecule is C=CC(O)OC(=O)[C@@H](N)CS. The highest BCUT2D eigenvalue weighted by molar-refractivity contribution is 7.80. The molecule has 0 rings (SSSR count). The maximum absolute atomic E-state index is 10.7. The van der Waals surface area contributed by atoms with Gasteiger partial charge in [0.05, 0.1) is 0 Å². The molecule has 0 aliphatic rings. The molecule has 5 heteroatoms. The van der Waals surface area contributed by atoms with Crippen LogP contribution in [0.15, 0.2) is 12.7 Å². The van der Waals surface area contributed by atoms with E-state index >= 15 is 0 Å². The number of aliphatic hydroxyl groups is 1. The van der Waals surface area contributed by atoms with Crippen LogP contribution in [0.3, 0.4) is 0 Å². The molecule has 0 aliphatic heterocycles. The zero-order valence-corrected chi connectivity index (χ0v) is 6.83. The first-order chi connectivity index (χ1) is 5.11. The molecule has 2 atom stereocenters. The van der Waals surface area contributed by atoms with Crippen LogP contribution in [0.2, 0.25) is 0 Å². The molecule has 11 heavy (non-hydrogen) atoms. The number of hydrogen-bond acceptors (Lipinski definition) is 5. The van der Waals surface area contributed by atoms with E-state index in [2.05, 4.69) is 23.9 Å². The van der Waals surface area contributed by atoms with Gasteiger partial charge in [0.1, 0.15) is 6.04 Å². The van der Waals surface area contributed by atoms with Crippen LogP contribution in [0.25, 0.3) is 0 Å². The van der Waals surface area contributed by atoms with Gasteiger partial charge in [-0.2, -0.15) is 12.6 Å². The van der Waals surface area contributed by atoms with Crippen LogP contribution in [0.4, 0.5) is 0 Å². The Morgan fingerprint density at radius 1 is 1.91 bits per heavy atom. The molecule has 0 saturated carbocycles. The number of aliphatic hydroxyl groups excluding tert-OH is 1. The molecule has 0 amide bonds. The molecule has 0 radical (unpaired) electrons. The summed E-state index contributed by atoms with van der Waals surface area (Å²) >= 11 is 3.77. The van der Waals surface area contributed by atoms with Crippen molar-refractivity contribution in [3.05, 3.63) is 12.7 Å². The fourth-order valence-corrected chi connectivity index (χ4v) is 0.478. The van der Waals surface area contributed by atoms with Gasteiger partial charge in [0, 0.05) is 5.75 Å². The van der Waals surface area contributed by atoms with E-state index in [9.17, 15) is 4.79 Å². The van der Waals surface area contributed by atoms with E-state index in [0.29, 0.717) is 0 Å². The Balaban J connectivity index is 3.76. The standard InChI is InChI=1S/C6H11NO3S/c1-2-5(8)10-6(9)4(7)3-11/h2,4-5,8,11H,1,3,7H2/t4-,5?/m0/s1. The molecule has 64 valence electrons. The predicted octanol–water partition coefficient (Wildman–Crippen LogP) is -0.709. The highest BCUT2D eigenvalue weighted by Gasteiger charge is 2.15. The van der Waals surface area contributed by atoms with Gasteiger partial charge in [-0.25, -0.2) is 0 Å². The lowest BCUT2D eigenvalue weighted by Gasteiger charge is -2.10. The minimum absolute atomic E-state index is 0.183. The van der Waals surface area contributed by atoms with Crippen molar-refractivity contribution in [3.8, 4) is 0 Å². The Morgan fingerprint density at radius 2 is 2.45 bits per heavy atom. The van der Waals surface area contributed by atoms with E-state index in [4.69, 9.17) is 10.8 Å². The Hall–Kier alpha value is -0.520. The first kappa shape index (κ1) is 10.5. The molecule has 0 aromatic rings. The van der Waals surface area contributed by atoms with Gasteiger partial charge in [-0.05, 0) is 6.08 Å². The highest BCUT2D eigenvalue weighted by Crippen LogP contribution is 1.93. The number of hydrogen-bond donors (Lipinski definition) is 3. The fraction of sp³-hybridized carbons (Fsp3) is 0.500. The lowest BCUT2D eigenvalue weighted by atomic mass is 10.4. The van der Waals surface area contributed by atoms with Gasteiger partial charge in [-0.3, -0.25) is 4.79 Å². The third kappa shape index (κ3) is 4.02. The van der Waals surface area contributed by atoms with Crippen molar-refractivity contribution in [1.82, 2.24) is 0 Å². The van der Waals surface area contributed by atoms with Gasteiger partial charge in [-0.15, -0.1) is 0 Å². The van der Waals surface area contributed by atoms with E-state index < -0.39 is 18.3 Å². The van der Waals surface area contributed by atoms with Gasteiger partial charge in [0.15, 0.2) is 0 Å². The van der Waals surface area contributed by atoms with Crippen LogP contribution in [0.5, 0.6) is 0 Å². The van der Waals surface area contributed by atoms with Crippen molar-refractivity contribution < 1.29 is 14.6 Å². The zero-order valence-electron chi connectivity index (χ0n) is 5.93. The first-order valence-corrected chi connectivity index (χ1v) is 3.62. The molecule has 0 aromatic carbocycles. The molecular formula is C6H11NO3S. The maximum Gasteiger partial charge on any atom is 0.326 e. The van der Waals surface area contributed by atoms with Gasteiger partial charge >= 0.3 is 5.97 Å². The summed E-state index contributed by atoms with van der Waals surface area (Å²) in [4.78, 5) is 10.7. The minimum atomic E-state index is -1.28. The van der Waals surface area contributed by atoms with Crippen molar-refractivity contribution in [1.29, 1.82) is 0 Å². The molecule has 0 aliphatic carbocycles. The molecule has 0 fully saturated rings. The molecule has 0 saturated heterocycles. The average molecular weight is 177 g/mol. The lowest BCUT2D eigenvalue weighted by molar-refractivity contribution is -0.161. The first-order valence-electron chi connectivity index (χ1n) is 2.99. The number of esters is 1. The van der Waals surface area contributed by atoms with Crippen LogP contribution < -0.4 is 5.73 Å². The number of ether oxygens (including phenoxy) is 1. The topological polar surface area (TPSA) is 72.5 Å². The molecule has 0 heterocycles. The summed E-state index contributed by atoms with van der Waals surface area (Å²) in [6.07, 6.45) is -0.197. The molecule has 0 spiro atoms. The molecule has 0 aromatic heterocycles. The van der Waals surface area contributed by atoms with Crippen LogP contribution >= 0.6 is 12.6 Å². The Kier molecular flexibility index (Phi) is 4.93. The van der Waals surface area contributed by atoms with Crippen molar-refractivity contribution in [2.45, 2.75) is 12.3 Å². The van der Waals surface area contributed by atoms with Crippen molar-refractivity contribution >= 4 is 18.6 Å². The average Bonchev–Trinajstić information content (AvgIpc) is 2.02. The smallest absolute Gasteiger partial charge is 0.326 e. The molecule has 4 nitrogen and oxygen atoms in total. The van der Waals surface area contributed by atoms with E-state index in [1.165, 1.54) is 0 Å². The van der Waals surface area contributed by atoms with Crippen LogP contribution in [-0.4, -0.2) is 29.2 Å². The van der Waals surface area contributed by atoms with Gasteiger partial charge in [0.2, 0.25) is 6.29 Å². The van der Waals surface area contributed by atoms with E-state index in [0.717, 1.165) is 6.08 Å². The van der Waals surface area contributed by atoms with E-state index in [1.807, 2.05) is 0 Å². The summed E-state index contributed by atoms with van der Waals surface area (Å²) in [5.74, 6) is -0.504. The van der Waals surface area contributed by atoms with Gasteiger partial charge in [0.25, 0.3) is 0 Å². The minimum Gasteiger partial charge on any atom is -0.431 e. The summed E-state index contributed by atoms with van der Waals surface area (Å²) in [5, 5.41) is 8.73. The molecule has 3 N–H and O–H groups in total. The fourth-order valence-electron chi connectivity index (χ4n) is 0.329. The second-order valence-corrected chi connectivity index (χ2v) is 2.22. The number of carbonyl (C=O) groups is 1. The predicted molar refractivity (Wildman–Crippen MR) is 44.1 cm³/mol. The van der Waals surface area contributed by atoms with Crippen molar-refractivity contribution in [3.63, 3.8) is 0 Å². The third-order valence-electron chi connectivity index (χ3n) is 0.938. The summed E-state index contributed by atoms with van der Waals surface area (Å²) in [6.45, 7) is 3.21. The van der Waals surface area contributed by atoms with E-state index in [1.54, 1.807) is 0 Å². The zero-order chi connectivity index (χ0) is 8.85. The Bertz CT molecular complexity index is 151. The summed E-state index contributed by atoms with van der Waals surface area (Å²) in [6, 6.07) is -0.798. The van der Waals surface area contributed by atoms with Crippen molar-refractivity contribution in [2.75, 3.05) is 5.75 Å². The number of rotatable bonds is 4. The van der Waals surface area contributed by atoms with Crippen molar-refractivity contribution in [2.24, 2.45) is 5.73 Å². The molecular weight excluding hydrogens is 166 g/mol. The molecule has 0 bridgehead atoms. The second kappa shape index (κ2) is 5.17. The number of carbonyl (C=O) groups excluding carboxylic acids is 1. The van der Waals surface area contributed by atoms with E-state index in [-0.39, 0.29) is 5.75 Å². The van der Waals surface area contributed by atoms with Gasteiger partial charge < -0.3 is 15.6 Å². The highest BCUT2D eigenvalue weighted by atomic mass is 32.1. The van der Waals surface area contributed by atoms with Crippen LogP contribution in [0, 0.1) is 0 Å². The summed E-state index contributed by atoms with van der Waals surface area (Å²) in [7, 11) is 0. The van der Waals surface area contributed by atoms with Crippen LogP contribution in [-0.2, 0) is 9.53 Å². The summed E-state index contributed by atoms with van der Waals surface area (Å²) in [5.41, 5.74) is 5.22. The number of nitrogens with two attached hydrogens (primary N) is 1. The Morgan fingerprint density at radius 3 is 2.82 bits per heavy atom. The lowest BCUT2D eigenvalue weighted by Crippen LogP contribution is -2.35. The quantitative estimate of drug-likeness (QED) is 0.229. The monoisotopic (exact) mass is 177 g/mol. The Labute approximate surface area is 70.4 Å². The largest absolute Gasteiger partial charge is 0.431 e. The second-order valence-electron chi connectivity index (χ2n) is 1.85. The summed E-state index contributed by atoms with van der Waals surface area (Å²) < 4.78 is 4.38.